The standard InChI is InChI=1S/C46H69N10O12P/c1-3-4-5-6-7-8-9-10-11-12-13-14-15-16-17-18-23-63-24-32(62-2)25-64-69(61,65-26-35-39(57)41(59)45(28-47,67-35)37-21-19-33-43(49)51-30-53-55(33)37)66-27-36-40(58)42(60)46(29-48,68-36)38-22-20-34-44(50)52-31-54-56(34)38/h19-22,30-32,35-36,39-42,57-60H,3-18,23-27H2,1-2H3,(H2,49,51,53)(H2,50,52,54)/t32-,35-,36-,39-,40-,41-,42-,45+,46+/m1/s1. The van der Waals surface area contributed by atoms with Crippen molar-refractivity contribution in [3.63, 3.8) is 0 Å². The van der Waals surface area contributed by atoms with Crippen LogP contribution in [0.4, 0.5) is 11.6 Å². The molecular formula is C46H69N10O12P. The predicted octanol–water partition coefficient (Wildman–Crippen LogP) is 4.77. The molecule has 2 aliphatic rings. The van der Waals surface area contributed by atoms with Crippen LogP contribution in [0.5, 0.6) is 0 Å². The third-order valence-corrected chi connectivity index (χ3v) is 14.4. The molecule has 6 rings (SSSR count). The van der Waals surface area contributed by atoms with Crippen LogP contribution in [0.2, 0.25) is 0 Å². The number of nitriles is 2. The topological polar surface area (TPSA) is 323 Å². The summed E-state index contributed by atoms with van der Waals surface area (Å²) in [6, 6.07) is 9.77. The maximum absolute atomic E-state index is 14.5. The van der Waals surface area contributed by atoms with E-state index in [1.54, 1.807) is 0 Å². The highest BCUT2D eigenvalue weighted by atomic mass is 31.2. The summed E-state index contributed by atoms with van der Waals surface area (Å²) in [5, 5.41) is 74.0. The number of nitrogens with two attached hydrogens (primary N) is 2. The fraction of sp³-hybridized carbons (Fsp3) is 0.696. The lowest BCUT2D eigenvalue weighted by molar-refractivity contribution is -0.0772. The summed E-state index contributed by atoms with van der Waals surface area (Å²) < 4.78 is 57.7. The first kappa shape index (κ1) is 54.0. The molecule has 0 amide bonds. The van der Waals surface area contributed by atoms with Crippen LogP contribution in [-0.2, 0) is 48.3 Å². The van der Waals surface area contributed by atoms with Crippen molar-refractivity contribution in [2.24, 2.45) is 0 Å². The Kier molecular flexibility index (Phi) is 20.1. The molecule has 2 fully saturated rings. The largest absolute Gasteiger partial charge is 0.475 e. The van der Waals surface area contributed by atoms with Crippen LogP contribution in [0.1, 0.15) is 121 Å². The fourth-order valence-corrected chi connectivity index (χ4v) is 10.1. The summed E-state index contributed by atoms with van der Waals surface area (Å²) in [5.74, 6) is 0.174. The van der Waals surface area contributed by atoms with E-state index in [9.17, 15) is 35.5 Å². The zero-order valence-electron chi connectivity index (χ0n) is 39.6. The lowest BCUT2D eigenvalue weighted by Gasteiger charge is -2.26. The Hall–Kier alpha value is -4.39. The van der Waals surface area contributed by atoms with Crippen LogP contribution in [0.25, 0.3) is 11.0 Å². The van der Waals surface area contributed by atoms with Gasteiger partial charge < -0.3 is 50.8 Å². The van der Waals surface area contributed by atoms with Crippen LogP contribution in [0.15, 0.2) is 36.9 Å². The number of ether oxygens (including phenoxy) is 4. The number of aliphatic hydroxyl groups is 4. The number of methoxy groups -OCH3 is 1. The van der Waals surface area contributed by atoms with E-state index < -0.39 is 75.0 Å². The number of nitrogen functional groups attached to an aromatic ring is 2. The summed E-state index contributed by atoms with van der Waals surface area (Å²) in [6.07, 6.45) is 11.4. The average Bonchev–Trinajstić information content (AvgIpc) is 4.12. The van der Waals surface area contributed by atoms with E-state index in [-0.39, 0.29) is 36.2 Å². The van der Waals surface area contributed by atoms with Gasteiger partial charge in [-0.3, -0.25) is 13.6 Å². The van der Waals surface area contributed by atoms with Crippen molar-refractivity contribution in [3.05, 3.63) is 48.3 Å². The van der Waals surface area contributed by atoms with Crippen molar-refractivity contribution in [3.8, 4) is 12.1 Å². The molecule has 4 aromatic heterocycles. The second kappa shape index (κ2) is 25.6. The first-order chi connectivity index (χ1) is 33.4. The summed E-state index contributed by atoms with van der Waals surface area (Å²) in [7, 11) is -3.39. The van der Waals surface area contributed by atoms with Gasteiger partial charge in [-0.2, -0.15) is 20.7 Å². The number of unbranched alkanes of at least 4 members (excludes halogenated alkanes) is 15. The van der Waals surface area contributed by atoms with Crippen molar-refractivity contribution >= 4 is 30.5 Å². The zero-order valence-corrected chi connectivity index (χ0v) is 40.5. The number of hydrogen-bond donors (Lipinski definition) is 6. The van der Waals surface area contributed by atoms with Crippen LogP contribution < -0.4 is 11.5 Å². The quantitative estimate of drug-likeness (QED) is 0.0292. The molecule has 0 unspecified atom stereocenters. The molecule has 0 bridgehead atoms. The van der Waals surface area contributed by atoms with Gasteiger partial charge in [0.05, 0.1) is 37.8 Å². The lowest BCUT2D eigenvalue weighted by atomic mass is 9.92. The van der Waals surface area contributed by atoms with Crippen LogP contribution in [0.3, 0.4) is 0 Å². The fourth-order valence-electron chi connectivity index (χ4n) is 8.87. The molecule has 380 valence electrons. The van der Waals surface area contributed by atoms with E-state index in [2.05, 4.69) is 27.1 Å². The van der Waals surface area contributed by atoms with Gasteiger partial charge in [0.2, 0.25) is 11.2 Å². The first-order valence-corrected chi connectivity index (χ1v) is 25.6. The monoisotopic (exact) mass is 984 g/mol. The van der Waals surface area contributed by atoms with Crippen molar-refractivity contribution in [2.75, 3.05) is 51.6 Å². The third kappa shape index (κ3) is 12.8. The van der Waals surface area contributed by atoms with Gasteiger partial charge in [0, 0.05) is 13.7 Å². The molecule has 6 heterocycles. The summed E-state index contributed by atoms with van der Waals surface area (Å²) in [5.41, 5.74) is 8.24. The van der Waals surface area contributed by atoms with Crippen molar-refractivity contribution in [2.45, 2.75) is 164 Å². The van der Waals surface area contributed by atoms with Crippen molar-refractivity contribution in [1.82, 2.24) is 29.2 Å². The normalized spacial score (nSPS) is 25.4. The molecule has 22 nitrogen and oxygen atoms in total. The molecule has 4 aromatic rings. The van der Waals surface area contributed by atoms with Crippen LogP contribution in [0, 0.1) is 22.7 Å². The van der Waals surface area contributed by atoms with Crippen LogP contribution >= 0.6 is 7.82 Å². The number of aromatic nitrogens is 6. The minimum absolute atomic E-state index is 0.0261. The minimum Gasteiger partial charge on any atom is -0.387 e. The number of aliphatic hydroxyl groups excluding tert-OH is 4. The van der Waals surface area contributed by atoms with E-state index in [0.29, 0.717) is 17.6 Å². The Balaban J connectivity index is 1.03. The molecule has 23 heteroatoms. The Bertz CT molecular complexity index is 2230. The van der Waals surface area contributed by atoms with E-state index in [4.69, 9.17) is 44.0 Å². The molecule has 9 atom stereocenters. The number of phosphoric acid groups is 1. The van der Waals surface area contributed by atoms with E-state index in [0.717, 1.165) is 31.9 Å². The zero-order chi connectivity index (χ0) is 49.4. The molecule has 0 aromatic carbocycles. The number of fused-ring (bicyclic) bond motifs is 2. The third-order valence-electron chi connectivity index (χ3n) is 13.0. The number of anilines is 2. The van der Waals surface area contributed by atoms with E-state index in [1.165, 1.54) is 124 Å². The SMILES string of the molecule is CCCCCCCCCCCCCCCCCCOC[C@H](COP(=O)(OC[C@H]1O[C@@](C#N)(c2ccc3c(N)ncnn23)[C@H](O)[C@@H]1O)OC[C@H]1O[C@@](C#N)(c2ccc3c(N)ncnn23)[C@H](O)[C@@H]1O)OC. The van der Waals surface area contributed by atoms with Crippen LogP contribution in [-0.4, -0.2) is 132 Å². The van der Waals surface area contributed by atoms with Crippen molar-refractivity contribution in [1.29, 1.82) is 10.5 Å². The van der Waals surface area contributed by atoms with E-state index >= 15 is 0 Å². The molecular weight excluding hydrogens is 916 g/mol. The number of nitrogens with zero attached hydrogens (tertiary/aromatic N) is 8. The highest BCUT2D eigenvalue weighted by molar-refractivity contribution is 7.48. The van der Waals surface area contributed by atoms with Gasteiger partial charge in [0.1, 0.15) is 78.6 Å². The number of phosphoric ester groups is 1. The first-order valence-electron chi connectivity index (χ1n) is 24.1. The van der Waals surface area contributed by atoms with Gasteiger partial charge in [-0.15, -0.1) is 0 Å². The van der Waals surface area contributed by atoms with Gasteiger partial charge >= 0.3 is 7.82 Å². The lowest BCUT2D eigenvalue weighted by Crippen LogP contribution is -2.41. The van der Waals surface area contributed by atoms with E-state index in [1.807, 2.05) is 12.1 Å². The highest BCUT2D eigenvalue weighted by Gasteiger charge is 2.59. The predicted molar refractivity (Wildman–Crippen MR) is 250 cm³/mol. The average molecular weight is 985 g/mol. The van der Waals surface area contributed by atoms with Gasteiger partial charge in [-0.05, 0) is 30.7 Å². The summed E-state index contributed by atoms with van der Waals surface area (Å²) >= 11 is 0. The Morgan fingerprint density at radius 1 is 0.681 bits per heavy atom. The molecule has 69 heavy (non-hydrogen) atoms. The molecule has 0 aliphatic carbocycles. The van der Waals surface area contributed by atoms with Gasteiger partial charge in [0.15, 0.2) is 11.6 Å². The second-order valence-electron chi connectivity index (χ2n) is 17.8. The summed E-state index contributed by atoms with van der Waals surface area (Å²) in [6.45, 7) is 0.870. The maximum atomic E-state index is 14.5. The molecule has 0 saturated carbocycles. The number of hydrogen-bond acceptors (Lipinski definition) is 20. The number of rotatable bonds is 31. The molecule has 0 spiro atoms. The maximum Gasteiger partial charge on any atom is 0.475 e. The Morgan fingerprint density at radius 2 is 1.10 bits per heavy atom. The molecule has 8 N–H and O–H groups in total. The van der Waals surface area contributed by atoms with Gasteiger partial charge in [-0.1, -0.05) is 103 Å². The summed E-state index contributed by atoms with van der Waals surface area (Å²) in [4.78, 5) is 7.87. The second-order valence-corrected chi connectivity index (χ2v) is 19.4. The Morgan fingerprint density at radius 3 is 1.51 bits per heavy atom. The smallest absolute Gasteiger partial charge is 0.387 e. The molecule has 2 aliphatic heterocycles. The van der Waals surface area contributed by atoms with Gasteiger partial charge in [-0.25, -0.2) is 23.6 Å². The highest BCUT2D eigenvalue weighted by Crippen LogP contribution is 2.52. The van der Waals surface area contributed by atoms with Crippen molar-refractivity contribution < 1.29 is 57.5 Å². The molecule has 2 saturated heterocycles. The Labute approximate surface area is 402 Å². The van der Waals surface area contributed by atoms with Gasteiger partial charge in [0.25, 0.3) is 0 Å². The minimum atomic E-state index is -4.81. The molecule has 0 radical (unpaired) electrons.